The Morgan fingerprint density at radius 3 is 2.68 bits per heavy atom. The third-order valence-corrected chi connectivity index (χ3v) is 4.06. The molecule has 3 nitrogen and oxygen atoms in total. The second-order valence-corrected chi connectivity index (χ2v) is 6.13. The number of hydrogen-bond donors (Lipinski definition) is 1. The van der Waals surface area contributed by atoms with Crippen molar-refractivity contribution in [2.75, 3.05) is 12.2 Å². The molecule has 0 fully saturated rings. The van der Waals surface area contributed by atoms with Crippen LogP contribution in [0, 0.1) is 5.82 Å². The number of carbonyl (C=O) groups excluding carboxylic acids is 1. The second kappa shape index (κ2) is 7.69. The Hall–Kier alpha value is -1.47. The highest BCUT2D eigenvalue weighted by Gasteiger charge is 2.11. The predicted octanol–water partition coefficient (Wildman–Crippen LogP) is 4.84. The highest BCUT2D eigenvalue weighted by atomic mass is 79.9. The molecule has 2 aromatic rings. The van der Waals surface area contributed by atoms with Crippen LogP contribution >= 0.6 is 31.9 Å². The molecular formula is C15H11Br2F2NO2. The number of anilines is 1. The molecule has 0 heterocycles. The lowest BCUT2D eigenvalue weighted by Crippen LogP contribution is -2.15. The number of benzene rings is 2. The van der Waals surface area contributed by atoms with E-state index < -0.39 is 18.6 Å². The molecular weight excluding hydrogens is 424 g/mol. The van der Waals surface area contributed by atoms with Gasteiger partial charge in [0.25, 0.3) is 0 Å². The molecule has 0 aliphatic heterocycles. The zero-order valence-electron chi connectivity index (χ0n) is 11.2. The third kappa shape index (κ3) is 4.51. The van der Waals surface area contributed by atoms with E-state index in [2.05, 4.69) is 41.9 Å². The molecule has 0 radical (unpaired) electrons. The zero-order chi connectivity index (χ0) is 16.1. The van der Waals surface area contributed by atoms with E-state index in [4.69, 9.17) is 0 Å². The maximum Gasteiger partial charge on any atom is 0.228 e. The van der Waals surface area contributed by atoms with Crippen molar-refractivity contribution in [1.29, 1.82) is 0 Å². The molecule has 2 aromatic carbocycles. The average Bonchev–Trinajstić information content (AvgIpc) is 2.47. The molecule has 0 bridgehead atoms. The van der Waals surface area contributed by atoms with Gasteiger partial charge in [0.2, 0.25) is 12.8 Å². The Morgan fingerprint density at radius 2 is 1.95 bits per heavy atom. The number of halogens is 4. The standard InChI is InChI=1S/C15H11Br2F2NO2/c16-10-1-3-12(17)9(5-10)6-15(21)20-14-7-11(22-8-18)2-4-13(14)19/h1-5,7H,6,8H2,(H,20,21). The summed E-state index contributed by atoms with van der Waals surface area (Å²) in [7, 11) is 0. The molecule has 2 rings (SSSR count). The molecule has 0 spiro atoms. The molecule has 1 amide bonds. The van der Waals surface area contributed by atoms with Gasteiger partial charge in [-0.2, -0.15) is 0 Å². The first-order chi connectivity index (χ1) is 10.5. The van der Waals surface area contributed by atoms with Crippen LogP contribution in [-0.2, 0) is 11.2 Å². The smallest absolute Gasteiger partial charge is 0.228 e. The normalized spacial score (nSPS) is 10.4. The van der Waals surface area contributed by atoms with Gasteiger partial charge in [0, 0.05) is 15.0 Å². The van der Waals surface area contributed by atoms with E-state index in [9.17, 15) is 13.6 Å². The zero-order valence-corrected chi connectivity index (χ0v) is 14.4. The van der Waals surface area contributed by atoms with Crippen molar-refractivity contribution in [2.45, 2.75) is 6.42 Å². The lowest BCUT2D eigenvalue weighted by molar-refractivity contribution is -0.115. The number of nitrogens with one attached hydrogen (secondary N) is 1. The fourth-order valence-electron chi connectivity index (χ4n) is 1.80. The van der Waals surface area contributed by atoms with Crippen LogP contribution in [0.3, 0.4) is 0 Å². The van der Waals surface area contributed by atoms with Crippen molar-refractivity contribution in [3.8, 4) is 5.75 Å². The third-order valence-electron chi connectivity index (χ3n) is 2.79. The maximum absolute atomic E-state index is 13.7. The summed E-state index contributed by atoms with van der Waals surface area (Å²) in [6, 6.07) is 9.07. The minimum atomic E-state index is -1.02. The highest BCUT2D eigenvalue weighted by Crippen LogP contribution is 2.24. The summed E-state index contributed by atoms with van der Waals surface area (Å²) in [5.74, 6) is -0.870. The van der Waals surface area contributed by atoms with Gasteiger partial charge in [-0.25, -0.2) is 8.78 Å². The minimum absolute atomic E-state index is 0.0536. The Kier molecular flexibility index (Phi) is 5.90. The van der Waals surface area contributed by atoms with Crippen molar-refractivity contribution in [2.24, 2.45) is 0 Å². The lowest BCUT2D eigenvalue weighted by atomic mass is 10.1. The first-order valence-corrected chi connectivity index (χ1v) is 7.80. The van der Waals surface area contributed by atoms with Crippen LogP contribution in [0.4, 0.5) is 14.5 Å². The summed E-state index contributed by atoms with van der Waals surface area (Å²) >= 11 is 6.68. The summed E-state index contributed by atoms with van der Waals surface area (Å²) in [6.07, 6.45) is 0.0632. The SMILES string of the molecule is O=C(Cc1cc(Br)ccc1Br)Nc1cc(OCF)ccc1F. The van der Waals surface area contributed by atoms with E-state index in [1.54, 1.807) is 6.07 Å². The second-order valence-electron chi connectivity index (χ2n) is 4.36. The molecule has 116 valence electrons. The highest BCUT2D eigenvalue weighted by molar-refractivity contribution is 9.11. The number of hydrogen-bond acceptors (Lipinski definition) is 2. The van der Waals surface area contributed by atoms with E-state index in [0.717, 1.165) is 20.6 Å². The van der Waals surface area contributed by atoms with Crippen LogP contribution in [0.15, 0.2) is 45.3 Å². The van der Waals surface area contributed by atoms with Crippen LogP contribution in [0.5, 0.6) is 5.75 Å². The van der Waals surface area contributed by atoms with Gasteiger partial charge in [-0.15, -0.1) is 0 Å². The van der Waals surface area contributed by atoms with Gasteiger partial charge in [0.1, 0.15) is 11.6 Å². The number of carbonyl (C=O) groups is 1. The largest absolute Gasteiger partial charge is 0.463 e. The van der Waals surface area contributed by atoms with E-state index >= 15 is 0 Å². The summed E-state index contributed by atoms with van der Waals surface area (Å²) < 4.78 is 32.1. The van der Waals surface area contributed by atoms with Crippen molar-refractivity contribution in [3.63, 3.8) is 0 Å². The van der Waals surface area contributed by atoms with Crippen LogP contribution < -0.4 is 10.1 Å². The van der Waals surface area contributed by atoms with Gasteiger partial charge in [0.05, 0.1) is 12.1 Å². The minimum Gasteiger partial charge on any atom is -0.463 e. The predicted molar refractivity (Wildman–Crippen MR) is 87.2 cm³/mol. The van der Waals surface area contributed by atoms with Gasteiger partial charge < -0.3 is 10.1 Å². The number of ether oxygens (including phenoxy) is 1. The number of alkyl halides is 1. The monoisotopic (exact) mass is 433 g/mol. The average molecular weight is 435 g/mol. The molecule has 1 N–H and O–H groups in total. The fourth-order valence-corrected chi connectivity index (χ4v) is 2.59. The number of amides is 1. The van der Waals surface area contributed by atoms with E-state index in [1.165, 1.54) is 12.1 Å². The lowest BCUT2D eigenvalue weighted by Gasteiger charge is -2.10. The topological polar surface area (TPSA) is 38.3 Å². The quantitative estimate of drug-likeness (QED) is 0.731. The van der Waals surface area contributed by atoms with E-state index in [-0.39, 0.29) is 17.9 Å². The summed E-state index contributed by atoms with van der Waals surface area (Å²) in [5, 5.41) is 2.45. The van der Waals surface area contributed by atoms with Gasteiger partial charge >= 0.3 is 0 Å². The molecule has 0 unspecified atom stereocenters. The van der Waals surface area contributed by atoms with Crippen molar-refractivity contribution in [3.05, 3.63) is 56.7 Å². The van der Waals surface area contributed by atoms with Crippen molar-refractivity contribution < 1.29 is 18.3 Å². The Labute approximate surface area is 142 Å². The van der Waals surface area contributed by atoms with Crippen molar-refractivity contribution >= 4 is 43.5 Å². The first kappa shape index (κ1) is 16.9. The van der Waals surface area contributed by atoms with Crippen LogP contribution in [0.25, 0.3) is 0 Å². The fraction of sp³-hybridized carbons (Fsp3) is 0.133. The van der Waals surface area contributed by atoms with E-state index in [0.29, 0.717) is 0 Å². The van der Waals surface area contributed by atoms with Gasteiger partial charge in [-0.05, 0) is 35.9 Å². The Balaban J connectivity index is 2.11. The molecule has 22 heavy (non-hydrogen) atoms. The molecule has 0 saturated carbocycles. The maximum atomic E-state index is 13.7. The molecule has 0 aliphatic rings. The summed E-state index contributed by atoms with van der Waals surface area (Å²) in [5.41, 5.74) is 0.700. The van der Waals surface area contributed by atoms with Crippen LogP contribution in [-0.4, -0.2) is 12.8 Å². The van der Waals surface area contributed by atoms with Gasteiger partial charge in [-0.3, -0.25) is 4.79 Å². The molecule has 0 atom stereocenters. The summed E-state index contributed by atoms with van der Waals surface area (Å²) in [6.45, 7) is -1.02. The van der Waals surface area contributed by atoms with Crippen LogP contribution in [0.2, 0.25) is 0 Å². The van der Waals surface area contributed by atoms with Gasteiger partial charge in [0.15, 0.2) is 0 Å². The first-order valence-electron chi connectivity index (χ1n) is 6.21. The molecule has 7 heteroatoms. The molecule has 0 aliphatic carbocycles. The molecule has 0 saturated heterocycles. The van der Waals surface area contributed by atoms with E-state index in [1.807, 2.05) is 12.1 Å². The Morgan fingerprint density at radius 1 is 1.18 bits per heavy atom. The van der Waals surface area contributed by atoms with Crippen LogP contribution in [0.1, 0.15) is 5.56 Å². The molecule has 0 aromatic heterocycles. The number of rotatable bonds is 5. The summed E-state index contributed by atoms with van der Waals surface area (Å²) in [4.78, 5) is 12.0. The van der Waals surface area contributed by atoms with Gasteiger partial charge in [-0.1, -0.05) is 31.9 Å². The Bertz CT molecular complexity index is 695. The van der Waals surface area contributed by atoms with Crippen molar-refractivity contribution in [1.82, 2.24) is 0 Å².